The Morgan fingerprint density at radius 2 is 1.85 bits per heavy atom. The summed E-state index contributed by atoms with van der Waals surface area (Å²) < 4.78 is 8.07. The molecule has 1 aromatic heterocycles. The van der Waals surface area contributed by atoms with Crippen LogP contribution >= 0.6 is 0 Å². The standard InChI is InChI=1S/C26H24N4O4/c1-29-14-20(27-24(29)19-4-2-3-5-22(19)34-17-7-8-17)15-6-9-18-16(12-15)13-30(26(18)33)21-10-11-23(31)28-25(21)32/h2-6,9,12,14,17,21H,7-8,10-11,13H2,1H3,(H,28,31,32). The Kier molecular flexibility index (Phi) is 4.76. The number of rotatable bonds is 5. The predicted molar refractivity (Wildman–Crippen MR) is 124 cm³/mol. The van der Waals surface area contributed by atoms with Gasteiger partial charge >= 0.3 is 0 Å². The van der Waals surface area contributed by atoms with Crippen molar-refractivity contribution in [2.75, 3.05) is 0 Å². The fourth-order valence-corrected chi connectivity index (χ4v) is 4.71. The van der Waals surface area contributed by atoms with Crippen LogP contribution in [-0.4, -0.2) is 44.3 Å². The average molecular weight is 457 g/mol. The molecule has 34 heavy (non-hydrogen) atoms. The summed E-state index contributed by atoms with van der Waals surface area (Å²) in [6.45, 7) is 0.339. The van der Waals surface area contributed by atoms with Crippen LogP contribution in [0, 0.1) is 0 Å². The minimum Gasteiger partial charge on any atom is -0.490 e. The van der Waals surface area contributed by atoms with Crippen molar-refractivity contribution in [1.82, 2.24) is 19.8 Å². The number of nitrogens with zero attached hydrogens (tertiary/aromatic N) is 3. The van der Waals surface area contributed by atoms with Gasteiger partial charge in [0, 0.05) is 37.3 Å². The molecule has 8 nitrogen and oxygen atoms in total. The van der Waals surface area contributed by atoms with E-state index < -0.39 is 11.9 Å². The van der Waals surface area contributed by atoms with Gasteiger partial charge in [-0.25, -0.2) is 4.98 Å². The minimum atomic E-state index is -0.620. The van der Waals surface area contributed by atoms with E-state index in [2.05, 4.69) is 5.32 Å². The zero-order chi connectivity index (χ0) is 23.4. The second-order valence-electron chi connectivity index (χ2n) is 9.15. The number of carbonyl (C=O) groups excluding carboxylic acids is 3. The Bertz CT molecular complexity index is 1340. The van der Waals surface area contributed by atoms with Crippen molar-refractivity contribution in [2.45, 2.75) is 44.4 Å². The van der Waals surface area contributed by atoms with E-state index in [0.717, 1.165) is 46.8 Å². The fraction of sp³-hybridized carbons (Fsp3) is 0.308. The molecule has 1 aliphatic carbocycles. The monoisotopic (exact) mass is 456 g/mol. The second-order valence-corrected chi connectivity index (χ2v) is 9.15. The highest BCUT2D eigenvalue weighted by molar-refractivity contribution is 6.05. The molecule has 2 fully saturated rings. The number of piperidine rings is 1. The van der Waals surface area contributed by atoms with Crippen molar-refractivity contribution in [3.8, 4) is 28.4 Å². The number of aryl methyl sites for hydroxylation is 1. The van der Waals surface area contributed by atoms with Crippen molar-refractivity contribution < 1.29 is 19.1 Å². The third-order valence-electron chi connectivity index (χ3n) is 6.64. The number of amides is 3. The molecule has 3 aromatic rings. The van der Waals surface area contributed by atoms with E-state index >= 15 is 0 Å². The number of hydrogen-bond donors (Lipinski definition) is 1. The lowest BCUT2D eigenvalue weighted by Crippen LogP contribution is -2.52. The van der Waals surface area contributed by atoms with Crippen molar-refractivity contribution in [3.63, 3.8) is 0 Å². The van der Waals surface area contributed by atoms with Gasteiger partial charge in [-0.2, -0.15) is 0 Å². The van der Waals surface area contributed by atoms with Crippen molar-refractivity contribution in [2.24, 2.45) is 7.05 Å². The highest BCUT2D eigenvalue weighted by Gasteiger charge is 2.39. The number of hydrogen-bond acceptors (Lipinski definition) is 5. The Hall–Kier alpha value is -3.94. The topological polar surface area (TPSA) is 93.5 Å². The Morgan fingerprint density at radius 3 is 2.65 bits per heavy atom. The summed E-state index contributed by atoms with van der Waals surface area (Å²) >= 11 is 0. The molecule has 172 valence electrons. The average Bonchev–Trinajstić information content (AvgIpc) is 3.47. The zero-order valence-corrected chi connectivity index (χ0v) is 18.8. The summed E-state index contributed by atoms with van der Waals surface area (Å²) in [5.41, 5.74) is 4.10. The molecule has 3 aliphatic rings. The summed E-state index contributed by atoms with van der Waals surface area (Å²) in [7, 11) is 1.96. The van der Waals surface area contributed by atoms with Crippen LogP contribution in [-0.2, 0) is 23.2 Å². The van der Waals surface area contributed by atoms with Gasteiger partial charge in [0.2, 0.25) is 11.8 Å². The summed E-state index contributed by atoms with van der Waals surface area (Å²) in [6, 6.07) is 13.0. The van der Waals surface area contributed by atoms with Gasteiger partial charge in [-0.1, -0.05) is 18.2 Å². The van der Waals surface area contributed by atoms with Crippen LogP contribution in [0.2, 0.25) is 0 Å². The van der Waals surface area contributed by atoms with Gasteiger partial charge in [-0.3, -0.25) is 19.7 Å². The molecule has 1 saturated heterocycles. The molecule has 1 N–H and O–H groups in total. The van der Waals surface area contributed by atoms with Gasteiger partial charge in [0.25, 0.3) is 5.91 Å². The van der Waals surface area contributed by atoms with Gasteiger partial charge in [-0.15, -0.1) is 0 Å². The lowest BCUT2D eigenvalue weighted by atomic mass is 10.0. The van der Waals surface area contributed by atoms with Gasteiger partial charge in [0.1, 0.15) is 17.6 Å². The molecule has 6 rings (SSSR count). The quantitative estimate of drug-likeness (QED) is 0.596. The van der Waals surface area contributed by atoms with Gasteiger partial charge in [0.15, 0.2) is 0 Å². The molecule has 8 heteroatoms. The van der Waals surface area contributed by atoms with Crippen LogP contribution in [0.25, 0.3) is 22.6 Å². The molecule has 3 amide bonds. The number of imidazole rings is 1. The minimum absolute atomic E-state index is 0.177. The van der Waals surface area contributed by atoms with Crippen LogP contribution in [0.4, 0.5) is 0 Å². The molecule has 1 atom stereocenters. The Balaban J connectivity index is 1.29. The Morgan fingerprint density at radius 1 is 1.03 bits per heavy atom. The number of aromatic nitrogens is 2. The van der Waals surface area contributed by atoms with E-state index in [0.29, 0.717) is 24.6 Å². The fourth-order valence-electron chi connectivity index (χ4n) is 4.71. The highest BCUT2D eigenvalue weighted by atomic mass is 16.5. The van der Waals surface area contributed by atoms with Gasteiger partial charge in [-0.05, 0) is 49.1 Å². The molecule has 2 aromatic carbocycles. The van der Waals surface area contributed by atoms with E-state index in [-0.39, 0.29) is 18.2 Å². The number of fused-ring (bicyclic) bond motifs is 1. The molecular weight excluding hydrogens is 432 g/mol. The number of benzene rings is 2. The molecule has 2 aliphatic heterocycles. The van der Waals surface area contributed by atoms with E-state index in [1.165, 1.54) is 0 Å². The van der Waals surface area contributed by atoms with E-state index in [9.17, 15) is 14.4 Å². The molecule has 0 spiro atoms. The maximum Gasteiger partial charge on any atom is 0.255 e. The van der Waals surface area contributed by atoms with Crippen LogP contribution in [0.5, 0.6) is 5.75 Å². The van der Waals surface area contributed by atoms with Crippen LogP contribution in [0.3, 0.4) is 0 Å². The summed E-state index contributed by atoms with van der Waals surface area (Å²) in [5, 5.41) is 2.34. The van der Waals surface area contributed by atoms with Gasteiger partial charge < -0.3 is 14.2 Å². The Labute approximate surface area is 196 Å². The van der Waals surface area contributed by atoms with Gasteiger partial charge in [0.05, 0.1) is 17.4 Å². The first-order valence-corrected chi connectivity index (χ1v) is 11.6. The summed E-state index contributed by atoms with van der Waals surface area (Å²) in [4.78, 5) is 43.2. The molecule has 0 bridgehead atoms. The maximum absolute atomic E-state index is 13.0. The number of para-hydroxylation sites is 1. The van der Waals surface area contributed by atoms with Crippen LogP contribution in [0.15, 0.2) is 48.7 Å². The van der Waals surface area contributed by atoms with Crippen molar-refractivity contribution in [3.05, 3.63) is 59.8 Å². The van der Waals surface area contributed by atoms with E-state index in [1.807, 2.05) is 54.2 Å². The lowest BCUT2D eigenvalue weighted by molar-refractivity contribution is -0.136. The molecular formula is C26H24N4O4. The first-order chi connectivity index (χ1) is 16.5. The molecule has 1 unspecified atom stereocenters. The zero-order valence-electron chi connectivity index (χ0n) is 18.8. The molecule has 0 radical (unpaired) electrons. The SMILES string of the molecule is Cn1cc(-c2ccc3c(c2)CN(C2CCC(=O)NC2=O)C3=O)nc1-c1ccccc1OC1CC1. The lowest BCUT2D eigenvalue weighted by Gasteiger charge is -2.29. The van der Waals surface area contributed by atoms with Crippen molar-refractivity contribution in [1.29, 1.82) is 0 Å². The van der Waals surface area contributed by atoms with Crippen molar-refractivity contribution >= 4 is 17.7 Å². The summed E-state index contributed by atoms with van der Waals surface area (Å²) in [6.07, 6.45) is 5.03. The third kappa shape index (κ3) is 3.55. The smallest absolute Gasteiger partial charge is 0.255 e. The van der Waals surface area contributed by atoms with Crippen LogP contribution in [0.1, 0.15) is 41.6 Å². The predicted octanol–water partition coefficient (Wildman–Crippen LogP) is 3.06. The normalized spacial score (nSPS) is 19.9. The highest BCUT2D eigenvalue weighted by Crippen LogP contribution is 2.36. The number of carbonyl (C=O) groups is 3. The first kappa shape index (κ1) is 20.7. The van der Waals surface area contributed by atoms with E-state index in [1.54, 1.807) is 11.0 Å². The number of nitrogens with one attached hydrogen (secondary N) is 1. The number of imide groups is 1. The largest absolute Gasteiger partial charge is 0.490 e. The number of ether oxygens (including phenoxy) is 1. The molecule has 1 saturated carbocycles. The third-order valence-corrected chi connectivity index (χ3v) is 6.64. The van der Waals surface area contributed by atoms with Crippen LogP contribution < -0.4 is 10.1 Å². The maximum atomic E-state index is 13.0. The second kappa shape index (κ2) is 7.83. The first-order valence-electron chi connectivity index (χ1n) is 11.6. The molecule has 3 heterocycles. The summed E-state index contributed by atoms with van der Waals surface area (Å²) in [5.74, 6) is 0.781. The van der Waals surface area contributed by atoms with E-state index in [4.69, 9.17) is 9.72 Å².